The second-order valence-electron chi connectivity index (χ2n) is 23.1. The molecule has 0 aromatic rings. The Morgan fingerprint density at radius 2 is 0.476 bits per heavy atom. The fourth-order valence-electron chi connectivity index (χ4n) is 9.81. The molecule has 0 aliphatic heterocycles. The van der Waals surface area contributed by atoms with Gasteiger partial charge in [-0.3, -0.25) is 14.4 Å². The first-order chi connectivity index (χ1) is 40.5. The maximum absolute atomic E-state index is 13.0. The number of carbonyl (C=O) groups excluding carboxylic acids is 3. The zero-order chi connectivity index (χ0) is 59.2. The highest BCUT2D eigenvalue weighted by atomic mass is 16.6. The van der Waals surface area contributed by atoms with Gasteiger partial charge in [-0.05, 0) is 109 Å². The summed E-state index contributed by atoms with van der Waals surface area (Å²) in [5, 5.41) is 0. The summed E-state index contributed by atoms with van der Waals surface area (Å²) in [6.45, 7) is 6.52. The lowest BCUT2D eigenvalue weighted by atomic mass is 10.0. The van der Waals surface area contributed by atoms with Crippen molar-refractivity contribution in [3.8, 4) is 0 Å². The monoisotopic (exact) mass is 1140 g/mol. The number of hydrogen-bond donors (Lipinski definition) is 0. The van der Waals surface area contributed by atoms with Crippen LogP contribution in [0.15, 0.2) is 109 Å². The Morgan fingerprint density at radius 1 is 0.256 bits per heavy atom. The molecule has 0 aliphatic carbocycles. The van der Waals surface area contributed by atoms with Crippen molar-refractivity contribution in [2.75, 3.05) is 13.2 Å². The molecule has 0 saturated heterocycles. The Balaban J connectivity index is 4.42. The number of carbonyl (C=O) groups is 3. The van der Waals surface area contributed by atoms with Crippen molar-refractivity contribution in [1.29, 1.82) is 0 Å². The van der Waals surface area contributed by atoms with Gasteiger partial charge in [0.2, 0.25) is 0 Å². The van der Waals surface area contributed by atoms with Gasteiger partial charge >= 0.3 is 17.9 Å². The van der Waals surface area contributed by atoms with E-state index in [1.807, 2.05) is 0 Å². The lowest BCUT2D eigenvalue weighted by molar-refractivity contribution is -0.167. The van der Waals surface area contributed by atoms with Gasteiger partial charge in [-0.25, -0.2) is 0 Å². The van der Waals surface area contributed by atoms with E-state index in [0.717, 1.165) is 116 Å². The van der Waals surface area contributed by atoms with E-state index in [2.05, 4.69) is 130 Å². The first-order valence-corrected chi connectivity index (χ1v) is 34.9. The number of esters is 3. The van der Waals surface area contributed by atoms with Crippen LogP contribution in [0, 0.1) is 0 Å². The summed E-state index contributed by atoms with van der Waals surface area (Å²) in [5.74, 6) is -0.933. The molecule has 0 N–H and O–H groups in total. The van der Waals surface area contributed by atoms with Gasteiger partial charge in [0.1, 0.15) is 13.2 Å². The molecular weight excluding hydrogens is 1010 g/mol. The van der Waals surface area contributed by atoms with Crippen LogP contribution in [-0.2, 0) is 28.6 Å². The Morgan fingerprint density at radius 3 is 0.780 bits per heavy atom. The fraction of sp³-hybridized carbons (Fsp3) is 0.724. The van der Waals surface area contributed by atoms with Crippen LogP contribution in [0.25, 0.3) is 0 Å². The molecule has 82 heavy (non-hydrogen) atoms. The van der Waals surface area contributed by atoms with E-state index in [4.69, 9.17) is 14.2 Å². The smallest absolute Gasteiger partial charge is 0.306 e. The van der Waals surface area contributed by atoms with Gasteiger partial charge in [0.05, 0.1) is 0 Å². The van der Waals surface area contributed by atoms with Crippen LogP contribution >= 0.6 is 0 Å². The second-order valence-corrected chi connectivity index (χ2v) is 23.1. The molecule has 0 heterocycles. The third-order valence-electron chi connectivity index (χ3n) is 15.0. The van der Waals surface area contributed by atoms with E-state index < -0.39 is 6.10 Å². The zero-order valence-corrected chi connectivity index (χ0v) is 54.0. The molecule has 0 amide bonds. The molecule has 470 valence electrons. The van der Waals surface area contributed by atoms with Gasteiger partial charge < -0.3 is 14.2 Å². The molecule has 6 nitrogen and oxygen atoms in total. The van der Waals surface area contributed by atoms with Crippen LogP contribution in [0.4, 0.5) is 0 Å². The van der Waals surface area contributed by atoms with Crippen molar-refractivity contribution in [2.24, 2.45) is 0 Å². The molecule has 0 aromatic heterocycles. The molecule has 1 unspecified atom stereocenters. The average molecular weight is 1140 g/mol. The summed E-state index contributed by atoms with van der Waals surface area (Å²) in [4.78, 5) is 38.4. The minimum Gasteiger partial charge on any atom is -0.462 e. The van der Waals surface area contributed by atoms with E-state index in [1.54, 1.807) is 0 Å². The summed E-state index contributed by atoms with van der Waals surface area (Å²) in [5.41, 5.74) is 0. The maximum Gasteiger partial charge on any atom is 0.306 e. The molecule has 0 spiro atoms. The topological polar surface area (TPSA) is 78.9 Å². The lowest BCUT2D eigenvalue weighted by Crippen LogP contribution is -2.30. The number of unbranched alkanes of at least 4 members (excludes halogenated alkanes) is 34. The standard InChI is InChI=1S/C76H130O6/c1-4-7-10-13-16-19-22-25-28-30-32-34-36-37-38-39-40-42-43-45-48-51-54-57-60-63-66-69-75(78)81-72-73(71-80-74(77)68-65-62-59-56-53-50-47-27-24-21-18-15-12-9-6-3)82-76(79)70-67-64-61-58-55-52-49-46-44-41-35-33-31-29-26-23-20-17-14-11-8-5-2/h7,10,16,19,25,27-28,32,34,37-38,40,42,45,47-48,54,57,73H,4-6,8-9,11-15,17-18,20-24,26,29-31,33,35-36,39,41,43-44,46,49-53,55-56,58-72H2,1-3H3/b10-7-,19-16-,28-25-,34-32-,38-37-,42-40-,47-27-,48-45-,57-54-. The van der Waals surface area contributed by atoms with Crippen LogP contribution in [0.2, 0.25) is 0 Å². The minimum absolute atomic E-state index is 0.0943. The van der Waals surface area contributed by atoms with Crippen molar-refractivity contribution in [3.63, 3.8) is 0 Å². The Kier molecular flexibility index (Phi) is 66.2. The van der Waals surface area contributed by atoms with Crippen LogP contribution in [-0.4, -0.2) is 37.2 Å². The Hall–Kier alpha value is -3.93. The van der Waals surface area contributed by atoms with E-state index in [1.165, 1.54) is 180 Å². The van der Waals surface area contributed by atoms with Crippen LogP contribution in [0.3, 0.4) is 0 Å². The van der Waals surface area contributed by atoms with Gasteiger partial charge in [-0.15, -0.1) is 0 Å². The van der Waals surface area contributed by atoms with E-state index in [-0.39, 0.29) is 31.1 Å². The third kappa shape index (κ3) is 66.9. The summed E-state index contributed by atoms with van der Waals surface area (Å²) in [7, 11) is 0. The fourth-order valence-corrected chi connectivity index (χ4v) is 9.81. The van der Waals surface area contributed by atoms with Crippen molar-refractivity contribution in [2.45, 2.75) is 341 Å². The van der Waals surface area contributed by atoms with E-state index >= 15 is 0 Å². The predicted molar refractivity (Wildman–Crippen MR) is 357 cm³/mol. The quantitative estimate of drug-likeness (QED) is 0.0261. The first-order valence-electron chi connectivity index (χ1n) is 34.9. The number of rotatable bonds is 63. The molecule has 6 heteroatoms. The first kappa shape index (κ1) is 78.1. The second kappa shape index (κ2) is 69.6. The summed E-state index contributed by atoms with van der Waals surface area (Å²) < 4.78 is 16.9. The maximum atomic E-state index is 13.0. The highest BCUT2D eigenvalue weighted by Gasteiger charge is 2.19. The van der Waals surface area contributed by atoms with Crippen LogP contribution in [0.1, 0.15) is 335 Å². The lowest BCUT2D eigenvalue weighted by Gasteiger charge is -2.18. The van der Waals surface area contributed by atoms with Crippen LogP contribution in [0.5, 0.6) is 0 Å². The molecule has 0 bridgehead atoms. The van der Waals surface area contributed by atoms with Gasteiger partial charge in [0.15, 0.2) is 6.10 Å². The molecule has 0 fully saturated rings. The van der Waals surface area contributed by atoms with Gasteiger partial charge in [-0.2, -0.15) is 0 Å². The van der Waals surface area contributed by atoms with Crippen molar-refractivity contribution >= 4 is 17.9 Å². The van der Waals surface area contributed by atoms with Crippen molar-refractivity contribution in [1.82, 2.24) is 0 Å². The van der Waals surface area contributed by atoms with E-state index in [9.17, 15) is 14.4 Å². The molecule has 0 radical (unpaired) electrons. The highest BCUT2D eigenvalue weighted by molar-refractivity contribution is 5.71. The van der Waals surface area contributed by atoms with Crippen LogP contribution < -0.4 is 0 Å². The number of ether oxygens (including phenoxy) is 3. The largest absolute Gasteiger partial charge is 0.462 e. The van der Waals surface area contributed by atoms with Crippen molar-refractivity contribution in [3.05, 3.63) is 109 Å². The normalized spacial score (nSPS) is 12.8. The molecule has 0 aromatic carbocycles. The summed E-state index contributed by atoms with van der Waals surface area (Å²) in [6, 6.07) is 0. The molecule has 0 aliphatic rings. The molecular formula is C76H130O6. The minimum atomic E-state index is -0.801. The summed E-state index contributed by atoms with van der Waals surface area (Å²) >= 11 is 0. The predicted octanol–water partition coefficient (Wildman–Crippen LogP) is 24.2. The Bertz CT molecular complexity index is 1640. The molecule has 1 atom stereocenters. The highest BCUT2D eigenvalue weighted by Crippen LogP contribution is 2.17. The summed E-state index contributed by atoms with van der Waals surface area (Å²) in [6.07, 6.45) is 95.4. The SMILES string of the molecule is CC/C=C\C/C=C\C/C=C\C/C=C\C/C=C\C/C=C\C/C=C\C/C=C\CCCCC(=O)OCC(COC(=O)CCCCCCC/C=C\CCCCCCCC)OC(=O)CCCCCCCCCCCCCCCCCCCCCCCC. The zero-order valence-electron chi connectivity index (χ0n) is 54.0. The number of hydrogen-bond acceptors (Lipinski definition) is 6. The molecule has 0 rings (SSSR count). The number of allylic oxidation sites excluding steroid dienone is 18. The third-order valence-corrected chi connectivity index (χ3v) is 15.0. The van der Waals surface area contributed by atoms with Crippen molar-refractivity contribution < 1.29 is 28.6 Å². The van der Waals surface area contributed by atoms with E-state index in [0.29, 0.717) is 19.3 Å². The van der Waals surface area contributed by atoms with Gasteiger partial charge in [0, 0.05) is 19.3 Å². The average Bonchev–Trinajstić information content (AvgIpc) is 3.47. The van der Waals surface area contributed by atoms with Gasteiger partial charge in [0.25, 0.3) is 0 Å². The molecule has 0 saturated carbocycles. The Labute approximate surface area is 508 Å². The van der Waals surface area contributed by atoms with Gasteiger partial charge in [-0.1, -0.05) is 316 Å².